The van der Waals surface area contributed by atoms with Gasteiger partial charge in [-0.25, -0.2) is 4.98 Å². The molecule has 25 heavy (non-hydrogen) atoms. The monoisotopic (exact) mass is 334 g/mol. The number of benzene rings is 2. The fourth-order valence-corrected chi connectivity index (χ4v) is 2.54. The molecule has 1 heterocycles. The summed E-state index contributed by atoms with van der Waals surface area (Å²) < 4.78 is 0. The predicted octanol–water partition coefficient (Wildman–Crippen LogP) is 3.47. The fourth-order valence-electron chi connectivity index (χ4n) is 2.54. The summed E-state index contributed by atoms with van der Waals surface area (Å²) in [5, 5.41) is 15.4. The zero-order valence-corrected chi connectivity index (χ0v) is 14.2. The summed E-state index contributed by atoms with van der Waals surface area (Å²) in [6, 6.07) is 20.2. The SMILES string of the molecule is Cc1ccccc1CNc1cc(-c2ccccc2)nc(NCCO)n1. The van der Waals surface area contributed by atoms with Crippen molar-refractivity contribution in [3.8, 4) is 11.3 Å². The van der Waals surface area contributed by atoms with Gasteiger partial charge in [-0.1, -0.05) is 54.6 Å². The van der Waals surface area contributed by atoms with Crippen LogP contribution in [0, 0.1) is 6.92 Å². The minimum Gasteiger partial charge on any atom is -0.395 e. The summed E-state index contributed by atoms with van der Waals surface area (Å²) in [5.74, 6) is 1.25. The largest absolute Gasteiger partial charge is 0.395 e. The summed E-state index contributed by atoms with van der Waals surface area (Å²) in [4.78, 5) is 9.04. The van der Waals surface area contributed by atoms with Crippen molar-refractivity contribution in [1.29, 1.82) is 0 Å². The van der Waals surface area contributed by atoms with E-state index in [1.807, 2.05) is 48.5 Å². The van der Waals surface area contributed by atoms with Gasteiger partial charge < -0.3 is 15.7 Å². The average molecular weight is 334 g/mol. The minimum absolute atomic E-state index is 0.0326. The van der Waals surface area contributed by atoms with E-state index < -0.39 is 0 Å². The van der Waals surface area contributed by atoms with Crippen molar-refractivity contribution in [3.63, 3.8) is 0 Å². The van der Waals surface area contributed by atoms with Gasteiger partial charge in [0.05, 0.1) is 12.3 Å². The maximum atomic E-state index is 9.03. The lowest BCUT2D eigenvalue weighted by Crippen LogP contribution is -2.11. The van der Waals surface area contributed by atoms with Gasteiger partial charge in [0.1, 0.15) is 5.82 Å². The second kappa shape index (κ2) is 8.26. The van der Waals surface area contributed by atoms with Gasteiger partial charge in [0.25, 0.3) is 0 Å². The van der Waals surface area contributed by atoms with E-state index in [4.69, 9.17) is 5.11 Å². The van der Waals surface area contributed by atoms with E-state index in [0.29, 0.717) is 19.0 Å². The lowest BCUT2D eigenvalue weighted by atomic mass is 10.1. The molecule has 0 unspecified atom stereocenters. The van der Waals surface area contributed by atoms with E-state index in [-0.39, 0.29) is 6.61 Å². The van der Waals surface area contributed by atoms with Crippen molar-refractivity contribution in [2.24, 2.45) is 0 Å². The maximum absolute atomic E-state index is 9.03. The Bertz CT molecular complexity index is 821. The lowest BCUT2D eigenvalue weighted by molar-refractivity contribution is 0.311. The summed E-state index contributed by atoms with van der Waals surface area (Å²) >= 11 is 0. The highest BCUT2D eigenvalue weighted by Gasteiger charge is 2.07. The first-order valence-corrected chi connectivity index (χ1v) is 8.34. The summed E-state index contributed by atoms with van der Waals surface area (Å²) in [5.41, 5.74) is 4.33. The van der Waals surface area contributed by atoms with Gasteiger partial charge in [0.15, 0.2) is 0 Å². The van der Waals surface area contributed by atoms with E-state index in [1.165, 1.54) is 11.1 Å². The summed E-state index contributed by atoms with van der Waals surface area (Å²) in [7, 11) is 0. The summed E-state index contributed by atoms with van der Waals surface area (Å²) in [6.45, 7) is 3.23. The Kier molecular flexibility index (Phi) is 5.59. The number of aryl methyl sites for hydroxylation is 1. The first-order chi connectivity index (χ1) is 12.3. The Morgan fingerprint density at radius 1 is 0.920 bits per heavy atom. The van der Waals surface area contributed by atoms with Gasteiger partial charge in [-0.3, -0.25) is 0 Å². The van der Waals surface area contributed by atoms with E-state index in [2.05, 4.69) is 39.7 Å². The van der Waals surface area contributed by atoms with Gasteiger partial charge in [0, 0.05) is 24.7 Å². The smallest absolute Gasteiger partial charge is 0.225 e. The second-order valence-electron chi connectivity index (χ2n) is 5.76. The van der Waals surface area contributed by atoms with Crippen LogP contribution in [-0.2, 0) is 6.54 Å². The molecule has 5 nitrogen and oxygen atoms in total. The van der Waals surface area contributed by atoms with Crippen LogP contribution in [-0.4, -0.2) is 28.2 Å². The topological polar surface area (TPSA) is 70.1 Å². The predicted molar refractivity (Wildman–Crippen MR) is 102 cm³/mol. The Hall–Kier alpha value is -2.92. The van der Waals surface area contributed by atoms with Crippen LogP contribution in [0.3, 0.4) is 0 Å². The highest BCUT2D eigenvalue weighted by Crippen LogP contribution is 2.22. The molecule has 0 atom stereocenters. The molecule has 5 heteroatoms. The van der Waals surface area contributed by atoms with Gasteiger partial charge >= 0.3 is 0 Å². The average Bonchev–Trinajstić information content (AvgIpc) is 2.66. The number of anilines is 2. The van der Waals surface area contributed by atoms with Crippen LogP contribution in [0.5, 0.6) is 0 Å². The Morgan fingerprint density at radius 2 is 1.68 bits per heavy atom. The molecular weight excluding hydrogens is 312 g/mol. The molecular formula is C20H22N4O. The molecule has 0 aliphatic carbocycles. The van der Waals surface area contributed by atoms with Crippen LogP contribution in [0.1, 0.15) is 11.1 Å². The molecule has 0 radical (unpaired) electrons. The molecule has 3 rings (SSSR count). The Morgan fingerprint density at radius 3 is 2.44 bits per heavy atom. The van der Waals surface area contributed by atoms with Crippen molar-refractivity contribution in [2.75, 3.05) is 23.8 Å². The quantitative estimate of drug-likeness (QED) is 0.617. The first kappa shape index (κ1) is 16.9. The number of rotatable bonds is 7. The zero-order valence-electron chi connectivity index (χ0n) is 14.2. The van der Waals surface area contributed by atoms with Crippen molar-refractivity contribution in [2.45, 2.75) is 13.5 Å². The number of nitrogens with one attached hydrogen (secondary N) is 2. The molecule has 1 aromatic heterocycles. The number of aromatic nitrogens is 2. The van der Waals surface area contributed by atoms with Gasteiger partial charge in [0.2, 0.25) is 5.95 Å². The maximum Gasteiger partial charge on any atom is 0.225 e. The van der Waals surface area contributed by atoms with Crippen LogP contribution >= 0.6 is 0 Å². The highest BCUT2D eigenvalue weighted by atomic mass is 16.3. The normalized spacial score (nSPS) is 10.5. The lowest BCUT2D eigenvalue weighted by Gasteiger charge is -2.12. The minimum atomic E-state index is 0.0326. The molecule has 0 aliphatic heterocycles. The Labute approximate surface area is 147 Å². The van der Waals surface area contributed by atoms with E-state index in [1.54, 1.807) is 0 Å². The highest BCUT2D eigenvalue weighted by molar-refractivity contribution is 5.64. The standard InChI is InChI=1S/C20H22N4O/c1-15-7-5-6-10-17(15)14-22-19-13-18(16-8-3-2-4-9-16)23-20(24-19)21-11-12-25/h2-10,13,25H,11-12,14H2,1H3,(H2,21,22,23,24). The van der Waals surface area contributed by atoms with E-state index in [9.17, 15) is 0 Å². The molecule has 0 fully saturated rings. The molecule has 0 saturated carbocycles. The Balaban J connectivity index is 1.85. The molecule has 128 valence electrons. The van der Waals surface area contributed by atoms with Crippen LogP contribution in [0.2, 0.25) is 0 Å². The van der Waals surface area contributed by atoms with Crippen LogP contribution in [0.15, 0.2) is 60.7 Å². The molecule has 3 N–H and O–H groups in total. The first-order valence-electron chi connectivity index (χ1n) is 8.34. The number of nitrogens with zero attached hydrogens (tertiary/aromatic N) is 2. The molecule has 0 spiro atoms. The van der Waals surface area contributed by atoms with E-state index in [0.717, 1.165) is 17.1 Å². The molecule has 0 saturated heterocycles. The summed E-state index contributed by atoms with van der Waals surface area (Å²) in [6.07, 6.45) is 0. The van der Waals surface area contributed by atoms with Crippen LogP contribution in [0.4, 0.5) is 11.8 Å². The molecule has 2 aromatic carbocycles. The van der Waals surface area contributed by atoms with Crippen molar-refractivity contribution >= 4 is 11.8 Å². The van der Waals surface area contributed by atoms with Crippen molar-refractivity contribution in [3.05, 3.63) is 71.8 Å². The molecule has 0 amide bonds. The van der Waals surface area contributed by atoms with Gasteiger partial charge in [-0.15, -0.1) is 0 Å². The number of aliphatic hydroxyl groups excluding tert-OH is 1. The number of hydrogen-bond acceptors (Lipinski definition) is 5. The zero-order chi connectivity index (χ0) is 17.5. The third-order valence-electron chi connectivity index (χ3n) is 3.91. The number of hydrogen-bond donors (Lipinski definition) is 3. The second-order valence-corrected chi connectivity index (χ2v) is 5.76. The van der Waals surface area contributed by atoms with Crippen LogP contribution in [0.25, 0.3) is 11.3 Å². The van der Waals surface area contributed by atoms with Gasteiger partial charge in [-0.2, -0.15) is 4.98 Å². The fraction of sp³-hybridized carbons (Fsp3) is 0.200. The third kappa shape index (κ3) is 4.55. The molecule has 3 aromatic rings. The van der Waals surface area contributed by atoms with Gasteiger partial charge in [-0.05, 0) is 18.1 Å². The third-order valence-corrected chi connectivity index (χ3v) is 3.91. The van der Waals surface area contributed by atoms with Crippen molar-refractivity contribution < 1.29 is 5.11 Å². The molecule has 0 bridgehead atoms. The molecule has 0 aliphatic rings. The van der Waals surface area contributed by atoms with Crippen molar-refractivity contribution in [1.82, 2.24) is 9.97 Å². The number of aliphatic hydroxyl groups is 1. The van der Waals surface area contributed by atoms with Crippen LogP contribution < -0.4 is 10.6 Å². The van der Waals surface area contributed by atoms with E-state index >= 15 is 0 Å².